The Morgan fingerprint density at radius 3 is 2.61 bits per heavy atom. The number of halogens is 2. The molecule has 0 atom stereocenters. The highest BCUT2D eigenvalue weighted by molar-refractivity contribution is 6.36. The van der Waals surface area contributed by atoms with Crippen LogP contribution in [0.25, 0.3) is 10.9 Å². The topological polar surface area (TPSA) is 73.6 Å². The Morgan fingerprint density at radius 2 is 1.81 bits per heavy atom. The molecule has 4 rings (SSSR count). The summed E-state index contributed by atoms with van der Waals surface area (Å²) in [5.41, 5.74) is 0.997. The minimum absolute atomic E-state index is 0.184. The Morgan fingerprint density at radius 1 is 1.06 bits per heavy atom. The number of esters is 1. The minimum atomic E-state index is -0.636. The van der Waals surface area contributed by atoms with Gasteiger partial charge in [-0.05, 0) is 49.4 Å². The maximum absolute atomic E-state index is 12.8. The fourth-order valence-corrected chi connectivity index (χ4v) is 3.47. The average molecular weight is 452 g/mol. The lowest BCUT2D eigenvalue weighted by Gasteiger charge is -2.09. The zero-order valence-corrected chi connectivity index (χ0v) is 17.8. The van der Waals surface area contributed by atoms with Crippen LogP contribution >= 0.6 is 23.2 Å². The normalized spacial score (nSPS) is 11.2. The number of aryl methyl sites for hydroxylation is 1. The summed E-state index contributed by atoms with van der Waals surface area (Å²) in [6, 6.07) is 18.4. The van der Waals surface area contributed by atoms with Crippen LogP contribution in [0.2, 0.25) is 10.0 Å². The van der Waals surface area contributed by atoms with Gasteiger partial charge in [-0.3, -0.25) is 4.79 Å². The summed E-state index contributed by atoms with van der Waals surface area (Å²) in [5.74, 6) is 0.0623. The number of nitrogens with zero attached hydrogens (tertiary/aromatic N) is 3. The van der Waals surface area contributed by atoms with Crippen molar-refractivity contribution in [2.75, 3.05) is 0 Å². The summed E-state index contributed by atoms with van der Waals surface area (Å²) < 4.78 is 6.72. The first-order chi connectivity index (χ1) is 14.9. The summed E-state index contributed by atoms with van der Waals surface area (Å²) in [7, 11) is 0. The largest absolute Gasteiger partial charge is 0.422 e. The van der Waals surface area contributed by atoms with Crippen LogP contribution in [0.5, 0.6) is 5.75 Å². The van der Waals surface area contributed by atoms with Gasteiger partial charge in [0.2, 0.25) is 0 Å². The Labute approximate surface area is 187 Å². The van der Waals surface area contributed by atoms with E-state index in [1.807, 2.05) is 6.07 Å². The Balaban J connectivity index is 1.67. The molecule has 0 aliphatic rings. The number of para-hydroxylation sites is 2. The highest BCUT2D eigenvalue weighted by atomic mass is 35.5. The molecule has 0 unspecified atom stereocenters. The molecule has 6 nitrogen and oxygen atoms in total. The van der Waals surface area contributed by atoms with Gasteiger partial charge < -0.3 is 4.74 Å². The molecule has 1 aromatic heterocycles. The second-order valence-electron chi connectivity index (χ2n) is 6.59. The predicted molar refractivity (Wildman–Crippen MR) is 122 cm³/mol. The number of hydrogen-bond acceptors (Lipinski definition) is 5. The van der Waals surface area contributed by atoms with Crippen molar-refractivity contribution in [3.05, 3.63) is 104 Å². The average Bonchev–Trinajstić information content (AvgIpc) is 2.74. The first kappa shape index (κ1) is 20.8. The minimum Gasteiger partial charge on any atom is -0.422 e. The number of benzene rings is 3. The molecular weight excluding hydrogens is 437 g/mol. The second kappa shape index (κ2) is 8.71. The lowest BCUT2D eigenvalue weighted by molar-refractivity contribution is 0.0734. The van der Waals surface area contributed by atoms with Crippen molar-refractivity contribution in [1.82, 2.24) is 9.66 Å². The molecule has 0 spiro atoms. The van der Waals surface area contributed by atoms with E-state index in [2.05, 4.69) is 10.1 Å². The molecule has 3 aromatic carbocycles. The van der Waals surface area contributed by atoms with E-state index >= 15 is 0 Å². The van der Waals surface area contributed by atoms with Gasteiger partial charge in [0, 0.05) is 10.6 Å². The van der Waals surface area contributed by atoms with Crippen molar-refractivity contribution in [2.24, 2.45) is 5.10 Å². The zero-order chi connectivity index (χ0) is 22.0. The van der Waals surface area contributed by atoms with Crippen molar-refractivity contribution in [1.29, 1.82) is 0 Å². The van der Waals surface area contributed by atoms with Gasteiger partial charge in [0.1, 0.15) is 11.6 Å². The van der Waals surface area contributed by atoms with E-state index in [1.165, 1.54) is 23.0 Å². The number of aromatic nitrogens is 2. The molecule has 0 saturated carbocycles. The van der Waals surface area contributed by atoms with Crippen molar-refractivity contribution in [3.63, 3.8) is 0 Å². The smallest absolute Gasteiger partial charge is 0.345 e. The summed E-state index contributed by atoms with van der Waals surface area (Å²) in [4.78, 5) is 29.8. The van der Waals surface area contributed by atoms with Gasteiger partial charge in [-0.1, -0.05) is 47.5 Å². The van der Waals surface area contributed by atoms with Gasteiger partial charge in [0.05, 0.1) is 27.7 Å². The highest BCUT2D eigenvalue weighted by Gasteiger charge is 2.15. The summed E-state index contributed by atoms with van der Waals surface area (Å²) >= 11 is 12.0. The van der Waals surface area contributed by atoms with E-state index in [9.17, 15) is 9.59 Å². The SMILES string of the molecule is Cc1nc2ccccc2c(=O)n1N=Cc1ccccc1OC(=O)c1ccc(Cl)cc1Cl. The number of rotatable bonds is 4. The zero-order valence-electron chi connectivity index (χ0n) is 16.3. The molecule has 0 bridgehead atoms. The van der Waals surface area contributed by atoms with Gasteiger partial charge in [-0.2, -0.15) is 9.78 Å². The van der Waals surface area contributed by atoms with Crippen LogP contribution in [-0.4, -0.2) is 21.8 Å². The van der Waals surface area contributed by atoms with Gasteiger partial charge in [0.15, 0.2) is 0 Å². The lowest BCUT2D eigenvalue weighted by Crippen LogP contribution is -2.20. The molecule has 0 radical (unpaired) electrons. The molecule has 154 valence electrons. The van der Waals surface area contributed by atoms with Crippen molar-refractivity contribution < 1.29 is 9.53 Å². The third-order valence-electron chi connectivity index (χ3n) is 4.50. The van der Waals surface area contributed by atoms with Crippen LogP contribution in [0.15, 0.2) is 76.6 Å². The van der Waals surface area contributed by atoms with Gasteiger partial charge >= 0.3 is 5.97 Å². The molecule has 31 heavy (non-hydrogen) atoms. The monoisotopic (exact) mass is 451 g/mol. The third kappa shape index (κ3) is 4.35. The molecule has 0 aliphatic carbocycles. The second-order valence-corrected chi connectivity index (χ2v) is 7.43. The fraction of sp³-hybridized carbons (Fsp3) is 0.0435. The number of ether oxygens (including phenoxy) is 1. The Kier molecular flexibility index (Phi) is 5.84. The fourth-order valence-electron chi connectivity index (χ4n) is 2.98. The summed E-state index contributed by atoms with van der Waals surface area (Å²) in [6.45, 7) is 1.69. The van der Waals surface area contributed by atoms with E-state index in [0.717, 1.165) is 0 Å². The number of hydrogen-bond donors (Lipinski definition) is 0. The van der Waals surface area contributed by atoms with Crippen LogP contribution in [0.3, 0.4) is 0 Å². The number of carbonyl (C=O) groups excluding carboxylic acids is 1. The number of carbonyl (C=O) groups is 1. The van der Waals surface area contributed by atoms with Crippen molar-refractivity contribution in [2.45, 2.75) is 6.92 Å². The molecule has 1 heterocycles. The Hall–Kier alpha value is -3.48. The first-order valence-corrected chi connectivity index (χ1v) is 9.98. The highest BCUT2D eigenvalue weighted by Crippen LogP contribution is 2.24. The molecule has 0 aliphatic heterocycles. The Bertz CT molecular complexity index is 1400. The summed E-state index contributed by atoms with van der Waals surface area (Å²) in [5, 5.41) is 5.34. The van der Waals surface area contributed by atoms with Crippen LogP contribution in [0.1, 0.15) is 21.7 Å². The molecule has 0 fully saturated rings. The quantitative estimate of drug-likeness (QED) is 0.245. The van der Waals surface area contributed by atoms with E-state index in [-0.39, 0.29) is 21.9 Å². The molecular formula is C23H15Cl2N3O3. The maximum atomic E-state index is 12.8. The molecule has 8 heteroatoms. The number of fused-ring (bicyclic) bond motifs is 1. The molecule has 0 N–H and O–H groups in total. The summed E-state index contributed by atoms with van der Waals surface area (Å²) in [6.07, 6.45) is 1.44. The van der Waals surface area contributed by atoms with Gasteiger partial charge in [0.25, 0.3) is 5.56 Å². The van der Waals surface area contributed by atoms with E-state index in [0.29, 0.717) is 27.3 Å². The van der Waals surface area contributed by atoms with Crippen LogP contribution in [0.4, 0.5) is 0 Å². The van der Waals surface area contributed by atoms with Crippen molar-refractivity contribution in [3.8, 4) is 5.75 Å². The molecule has 0 saturated heterocycles. The third-order valence-corrected chi connectivity index (χ3v) is 5.05. The first-order valence-electron chi connectivity index (χ1n) is 9.23. The van der Waals surface area contributed by atoms with E-state index in [1.54, 1.807) is 55.5 Å². The molecule has 4 aromatic rings. The van der Waals surface area contributed by atoms with Crippen LogP contribution < -0.4 is 10.3 Å². The maximum Gasteiger partial charge on any atom is 0.345 e. The lowest BCUT2D eigenvalue weighted by atomic mass is 10.2. The van der Waals surface area contributed by atoms with E-state index < -0.39 is 5.97 Å². The van der Waals surface area contributed by atoms with E-state index in [4.69, 9.17) is 27.9 Å². The van der Waals surface area contributed by atoms with Crippen LogP contribution in [0, 0.1) is 6.92 Å². The van der Waals surface area contributed by atoms with Crippen LogP contribution in [-0.2, 0) is 0 Å². The molecule has 0 amide bonds. The standard InChI is InChI=1S/C23H15Cl2N3O3/c1-14-27-20-8-4-3-7-18(20)22(29)28(14)26-13-15-6-2-5-9-21(15)31-23(30)17-11-10-16(24)12-19(17)25/h2-13H,1H3. The predicted octanol–water partition coefficient (Wildman–Crippen LogP) is 5.11. The van der Waals surface area contributed by atoms with Gasteiger partial charge in [-0.25, -0.2) is 9.78 Å². The van der Waals surface area contributed by atoms with Crippen molar-refractivity contribution >= 4 is 46.3 Å². The van der Waals surface area contributed by atoms with Gasteiger partial charge in [-0.15, -0.1) is 0 Å².